The molecule has 0 aromatic heterocycles. The number of aryl methyl sites for hydroxylation is 2. The average Bonchev–Trinajstić information content (AvgIpc) is 3.12. The van der Waals surface area contributed by atoms with E-state index in [1.54, 1.807) is 18.2 Å². The number of sulfone groups is 1. The Balaban J connectivity index is 1.53. The average molecular weight is 498 g/mol. The van der Waals surface area contributed by atoms with Crippen LogP contribution >= 0.6 is 35.0 Å². The van der Waals surface area contributed by atoms with E-state index in [0.717, 1.165) is 16.8 Å². The molecule has 0 aliphatic carbocycles. The molecule has 2 aliphatic rings. The number of nitrogens with zero attached hydrogens (tertiary/aromatic N) is 2. The first kappa shape index (κ1) is 22.5. The molecule has 1 saturated heterocycles. The third kappa shape index (κ3) is 5.03. The van der Waals surface area contributed by atoms with Crippen molar-refractivity contribution in [2.24, 2.45) is 4.99 Å². The summed E-state index contributed by atoms with van der Waals surface area (Å²) >= 11 is 13.6. The number of thioether (sulfide) groups is 1. The van der Waals surface area contributed by atoms with E-state index >= 15 is 0 Å². The first-order valence-corrected chi connectivity index (χ1v) is 13.2. The van der Waals surface area contributed by atoms with Gasteiger partial charge in [-0.1, -0.05) is 52.7 Å². The number of amides is 1. The van der Waals surface area contributed by atoms with Crippen molar-refractivity contribution in [3.05, 3.63) is 57.6 Å². The van der Waals surface area contributed by atoms with Gasteiger partial charge < -0.3 is 10.2 Å². The molecule has 1 N–H and O–H groups in total. The number of benzene rings is 2. The fourth-order valence-corrected chi connectivity index (χ4v) is 7.17. The highest BCUT2D eigenvalue weighted by Gasteiger charge is 2.47. The molecule has 2 aliphatic heterocycles. The SMILES string of the molecule is Cc1ccc(NC(=O)CSC2=N[C@H]3CS(=O)(=O)C[C@H]3N2c2cc(Cl)cc(Cl)c2)c(C)c1. The van der Waals surface area contributed by atoms with Crippen LogP contribution in [0.5, 0.6) is 0 Å². The fourth-order valence-electron chi connectivity index (χ4n) is 3.88. The lowest BCUT2D eigenvalue weighted by atomic mass is 10.1. The predicted octanol–water partition coefficient (Wildman–Crippen LogP) is 4.32. The molecule has 1 amide bonds. The minimum Gasteiger partial charge on any atom is -0.325 e. The lowest BCUT2D eigenvalue weighted by Crippen LogP contribution is -2.39. The molecule has 6 nitrogen and oxygen atoms in total. The predicted molar refractivity (Wildman–Crippen MR) is 130 cm³/mol. The number of carbonyl (C=O) groups is 1. The van der Waals surface area contributed by atoms with Crippen LogP contribution in [0, 0.1) is 13.8 Å². The van der Waals surface area contributed by atoms with Crippen molar-refractivity contribution in [2.45, 2.75) is 25.9 Å². The minimum absolute atomic E-state index is 0.00127. The summed E-state index contributed by atoms with van der Waals surface area (Å²) in [5, 5.41) is 4.42. The van der Waals surface area contributed by atoms with Gasteiger partial charge in [-0.25, -0.2) is 8.42 Å². The van der Waals surface area contributed by atoms with Gasteiger partial charge in [0.15, 0.2) is 15.0 Å². The van der Waals surface area contributed by atoms with Gasteiger partial charge in [0.25, 0.3) is 0 Å². The lowest BCUT2D eigenvalue weighted by molar-refractivity contribution is -0.113. The second-order valence-electron chi connectivity index (χ2n) is 7.78. The van der Waals surface area contributed by atoms with E-state index in [1.165, 1.54) is 11.8 Å². The molecule has 10 heteroatoms. The second kappa shape index (κ2) is 8.65. The van der Waals surface area contributed by atoms with Crippen LogP contribution in [0.4, 0.5) is 11.4 Å². The standard InChI is InChI=1S/C21H21Cl2N3O3S2/c1-12-3-4-17(13(2)5-12)24-20(27)9-30-21-25-18-10-31(28,29)11-19(18)26(21)16-7-14(22)6-15(23)8-16/h3-8,18-19H,9-11H2,1-2H3,(H,24,27)/t18-,19+/m0/s1. The van der Waals surface area contributed by atoms with Crippen LogP contribution in [0.3, 0.4) is 0 Å². The third-order valence-corrected chi connectivity index (χ3v) is 8.32. The normalized spacial score (nSPS) is 21.7. The van der Waals surface area contributed by atoms with E-state index in [2.05, 4.69) is 10.3 Å². The lowest BCUT2D eigenvalue weighted by Gasteiger charge is -2.26. The quantitative estimate of drug-likeness (QED) is 0.679. The summed E-state index contributed by atoms with van der Waals surface area (Å²) in [6.45, 7) is 3.95. The van der Waals surface area contributed by atoms with E-state index in [9.17, 15) is 13.2 Å². The highest BCUT2D eigenvalue weighted by Crippen LogP contribution is 2.37. The van der Waals surface area contributed by atoms with Crippen LogP contribution in [0.1, 0.15) is 11.1 Å². The first-order valence-electron chi connectivity index (χ1n) is 9.65. The molecule has 4 rings (SSSR count). The molecule has 2 heterocycles. The van der Waals surface area contributed by atoms with E-state index in [-0.39, 0.29) is 35.2 Å². The van der Waals surface area contributed by atoms with Crippen LogP contribution in [0.2, 0.25) is 10.0 Å². The second-order valence-corrected chi connectivity index (χ2v) is 11.7. The van der Waals surface area contributed by atoms with Gasteiger partial charge in [0.2, 0.25) is 5.91 Å². The zero-order chi connectivity index (χ0) is 22.3. The summed E-state index contributed by atoms with van der Waals surface area (Å²) in [5.74, 6) is -0.0115. The molecule has 0 radical (unpaired) electrons. The molecular weight excluding hydrogens is 477 g/mol. The Morgan fingerprint density at radius 2 is 1.87 bits per heavy atom. The molecular formula is C21H21Cl2N3O3S2. The van der Waals surface area contributed by atoms with Gasteiger partial charge in [0, 0.05) is 21.4 Å². The molecule has 0 bridgehead atoms. The molecule has 1 fully saturated rings. The smallest absolute Gasteiger partial charge is 0.234 e. The van der Waals surface area contributed by atoms with Crippen LogP contribution in [0.15, 0.2) is 41.4 Å². The number of aliphatic imine (C=N–C) groups is 1. The van der Waals surface area contributed by atoms with Crippen molar-refractivity contribution in [1.29, 1.82) is 0 Å². The monoisotopic (exact) mass is 497 g/mol. The molecule has 0 spiro atoms. The number of hydrogen-bond donors (Lipinski definition) is 1. The number of fused-ring (bicyclic) bond motifs is 1. The van der Waals surface area contributed by atoms with E-state index < -0.39 is 9.84 Å². The van der Waals surface area contributed by atoms with Gasteiger partial charge in [-0.3, -0.25) is 9.79 Å². The first-order chi connectivity index (χ1) is 14.6. The number of rotatable bonds is 4. The third-order valence-electron chi connectivity index (χ3n) is 5.22. The topological polar surface area (TPSA) is 78.8 Å². The largest absolute Gasteiger partial charge is 0.325 e. The van der Waals surface area contributed by atoms with Gasteiger partial charge in [-0.15, -0.1) is 0 Å². The number of nitrogens with one attached hydrogen (secondary N) is 1. The number of hydrogen-bond acceptors (Lipinski definition) is 6. The summed E-state index contributed by atoms with van der Waals surface area (Å²) < 4.78 is 24.3. The zero-order valence-corrected chi connectivity index (χ0v) is 20.1. The minimum atomic E-state index is -3.17. The van der Waals surface area contributed by atoms with Gasteiger partial charge in [-0.2, -0.15) is 0 Å². The number of anilines is 2. The Labute approximate surface area is 195 Å². The van der Waals surface area contributed by atoms with Crippen molar-refractivity contribution in [3.63, 3.8) is 0 Å². The molecule has 31 heavy (non-hydrogen) atoms. The number of amidine groups is 1. The van der Waals surface area contributed by atoms with E-state index in [4.69, 9.17) is 23.2 Å². The maximum Gasteiger partial charge on any atom is 0.234 e. The van der Waals surface area contributed by atoms with E-state index in [0.29, 0.717) is 20.9 Å². The number of carbonyl (C=O) groups excluding carboxylic acids is 1. The Morgan fingerprint density at radius 3 is 2.55 bits per heavy atom. The van der Waals surface area contributed by atoms with Gasteiger partial charge >= 0.3 is 0 Å². The number of halogens is 2. The highest BCUT2D eigenvalue weighted by molar-refractivity contribution is 8.14. The summed E-state index contributed by atoms with van der Waals surface area (Å²) in [7, 11) is -3.17. The highest BCUT2D eigenvalue weighted by atomic mass is 35.5. The van der Waals surface area contributed by atoms with Crippen molar-refractivity contribution in [3.8, 4) is 0 Å². The summed E-state index contributed by atoms with van der Waals surface area (Å²) in [5.41, 5.74) is 3.56. The van der Waals surface area contributed by atoms with Crippen LogP contribution in [-0.2, 0) is 14.6 Å². The Morgan fingerprint density at radius 1 is 1.16 bits per heavy atom. The summed E-state index contributed by atoms with van der Waals surface area (Å²) in [6.07, 6.45) is 0. The van der Waals surface area contributed by atoms with Crippen LogP contribution < -0.4 is 10.2 Å². The van der Waals surface area contributed by atoms with Crippen molar-refractivity contribution < 1.29 is 13.2 Å². The molecule has 2 aromatic rings. The Hall–Kier alpha value is -1.74. The van der Waals surface area contributed by atoms with Crippen molar-refractivity contribution in [1.82, 2.24) is 0 Å². The fraction of sp³-hybridized carbons (Fsp3) is 0.333. The maximum absolute atomic E-state index is 12.6. The van der Waals surface area contributed by atoms with Gasteiger partial charge in [-0.05, 0) is 43.7 Å². The summed E-state index contributed by atoms with van der Waals surface area (Å²) in [6, 6.07) is 10.2. The molecule has 0 saturated carbocycles. The Bertz CT molecular complexity index is 1160. The molecule has 2 atom stereocenters. The Kier molecular flexibility index (Phi) is 6.27. The maximum atomic E-state index is 12.6. The summed E-state index contributed by atoms with van der Waals surface area (Å²) in [4.78, 5) is 19.0. The van der Waals surface area contributed by atoms with Gasteiger partial charge in [0.05, 0.1) is 29.3 Å². The van der Waals surface area contributed by atoms with Crippen molar-refractivity contribution in [2.75, 3.05) is 27.5 Å². The van der Waals surface area contributed by atoms with Gasteiger partial charge in [0.1, 0.15) is 0 Å². The van der Waals surface area contributed by atoms with Crippen LogP contribution in [-0.4, -0.2) is 48.8 Å². The van der Waals surface area contributed by atoms with Crippen molar-refractivity contribution >= 4 is 67.3 Å². The molecule has 0 unspecified atom stereocenters. The van der Waals surface area contributed by atoms with Crippen LogP contribution in [0.25, 0.3) is 0 Å². The zero-order valence-electron chi connectivity index (χ0n) is 16.9. The van der Waals surface area contributed by atoms with E-state index in [1.807, 2.05) is 36.9 Å². The molecule has 2 aromatic carbocycles. The molecule has 164 valence electrons.